The highest BCUT2D eigenvalue weighted by Crippen LogP contribution is 2.43. The largest absolute Gasteiger partial charge is 0.465 e. The Hall–Kier alpha value is -2.29. The Kier molecular flexibility index (Phi) is 4.25. The molecule has 0 spiro atoms. The van der Waals surface area contributed by atoms with E-state index < -0.39 is 29.2 Å². The molecule has 0 radical (unpaired) electrons. The molecule has 23 heavy (non-hydrogen) atoms. The SMILES string of the molecule is COC(=O)C1=C(C)NC(=O)[C@]1(Nc1ccc(Cl)c[nH+]1)C(F)(F)F. The fourth-order valence-electron chi connectivity index (χ4n) is 2.28. The van der Waals surface area contributed by atoms with Crippen LogP contribution in [0.15, 0.2) is 29.6 Å². The number of esters is 1. The molecule has 1 aliphatic heterocycles. The summed E-state index contributed by atoms with van der Waals surface area (Å²) in [5.41, 5.74) is -4.35. The van der Waals surface area contributed by atoms with Gasteiger partial charge in [0, 0.05) is 11.8 Å². The number of carbonyl (C=O) groups excluding carboxylic acids is 2. The van der Waals surface area contributed by atoms with Crippen molar-refractivity contribution in [3.8, 4) is 0 Å². The van der Waals surface area contributed by atoms with Gasteiger partial charge >= 0.3 is 17.7 Å². The first-order valence-electron chi connectivity index (χ1n) is 6.26. The van der Waals surface area contributed by atoms with Crippen LogP contribution >= 0.6 is 11.6 Å². The summed E-state index contributed by atoms with van der Waals surface area (Å²) in [6, 6.07) is 2.54. The lowest BCUT2D eigenvalue weighted by Gasteiger charge is -2.27. The summed E-state index contributed by atoms with van der Waals surface area (Å²) < 4.78 is 45.6. The van der Waals surface area contributed by atoms with Crippen LogP contribution in [0.3, 0.4) is 0 Å². The van der Waals surface area contributed by atoms with E-state index in [1.165, 1.54) is 25.3 Å². The molecule has 1 atom stereocenters. The van der Waals surface area contributed by atoms with Crippen LogP contribution in [0.25, 0.3) is 0 Å². The molecule has 0 saturated carbocycles. The molecule has 0 saturated heterocycles. The summed E-state index contributed by atoms with van der Waals surface area (Å²) in [5.74, 6) is -2.84. The van der Waals surface area contributed by atoms with Gasteiger partial charge in [0.2, 0.25) is 0 Å². The van der Waals surface area contributed by atoms with Gasteiger partial charge in [-0.1, -0.05) is 11.6 Å². The van der Waals surface area contributed by atoms with Crippen molar-refractivity contribution in [1.29, 1.82) is 0 Å². The minimum absolute atomic E-state index is 0.155. The Labute approximate surface area is 133 Å². The van der Waals surface area contributed by atoms with Crippen LogP contribution < -0.4 is 15.6 Å². The number of aromatic nitrogens is 1. The number of pyridine rings is 1. The lowest BCUT2D eigenvalue weighted by atomic mass is 9.89. The van der Waals surface area contributed by atoms with Gasteiger partial charge in [-0.05, 0) is 13.0 Å². The number of hydrogen-bond acceptors (Lipinski definition) is 4. The highest BCUT2D eigenvalue weighted by atomic mass is 35.5. The number of alkyl halides is 3. The molecule has 0 aromatic carbocycles. The smallest absolute Gasteiger partial charge is 0.446 e. The third-order valence-electron chi connectivity index (χ3n) is 3.30. The zero-order valence-electron chi connectivity index (χ0n) is 12.0. The van der Waals surface area contributed by atoms with E-state index in [1.54, 1.807) is 0 Å². The topological polar surface area (TPSA) is 81.6 Å². The second-order valence-corrected chi connectivity index (χ2v) is 5.18. The first-order valence-corrected chi connectivity index (χ1v) is 6.64. The molecular weight excluding hydrogens is 339 g/mol. The third kappa shape index (κ3) is 2.72. The van der Waals surface area contributed by atoms with E-state index in [9.17, 15) is 22.8 Å². The number of methoxy groups -OCH3 is 1. The number of aromatic amines is 1. The number of rotatable bonds is 3. The number of halogens is 4. The zero-order chi connectivity index (χ0) is 17.4. The fraction of sp³-hybridized carbons (Fsp3) is 0.308. The Morgan fingerprint density at radius 2 is 2.09 bits per heavy atom. The second kappa shape index (κ2) is 5.73. The van der Waals surface area contributed by atoms with Crippen molar-refractivity contribution in [3.05, 3.63) is 34.6 Å². The normalized spacial score (nSPS) is 21.2. The molecule has 1 aromatic rings. The molecule has 0 bridgehead atoms. The third-order valence-corrected chi connectivity index (χ3v) is 3.54. The van der Waals surface area contributed by atoms with Gasteiger partial charge in [-0.25, -0.2) is 15.1 Å². The fourth-order valence-corrected chi connectivity index (χ4v) is 2.39. The van der Waals surface area contributed by atoms with Crippen molar-refractivity contribution in [1.82, 2.24) is 5.32 Å². The summed E-state index contributed by atoms with van der Waals surface area (Å²) in [5, 5.41) is 4.34. The lowest BCUT2D eigenvalue weighted by molar-refractivity contribution is -0.362. The second-order valence-electron chi connectivity index (χ2n) is 4.74. The van der Waals surface area contributed by atoms with E-state index in [0.717, 1.165) is 7.11 Å². The predicted molar refractivity (Wildman–Crippen MR) is 73.3 cm³/mol. The van der Waals surface area contributed by atoms with Crippen molar-refractivity contribution in [2.24, 2.45) is 0 Å². The standard InChI is InChI=1S/C13H11ClF3N3O3/c1-6-9(10(21)23-2)12(11(22)19-6,13(15,16)17)20-8-4-3-7(14)5-18-8/h3-5H,1-2H3,(H,18,20)(H,19,22)/p+1/t12-/m0/s1. The Balaban J connectivity index is 2.61. The number of ether oxygens (including phenoxy) is 1. The van der Waals surface area contributed by atoms with Crippen molar-refractivity contribution in [3.63, 3.8) is 0 Å². The average molecular weight is 351 g/mol. The molecule has 0 fully saturated rings. The van der Waals surface area contributed by atoms with Gasteiger partial charge in [-0.2, -0.15) is 13.2 Å². The number of amides is 1. The highest BCUT2D eigenvalue weighted by Gasteiger charge is 2.72. The van der Waals surface area contributed by atoms with Gasteiger partial charge in [0.1, 0.15) is 11.8 Å². The molecule has 10 heteroatoms. The lowest BCUT2D eigenvalue weighted by Crippen LogP contribution is -2.61. The van der Waals surface area contributed by atoms with E-state index in [0.29, 0.717) is 0 Å². The van der Waals surface area contributed by atoms with Crippen LogP contribution in [0.5, 0.6) is 0 Å². The first kappa shape index (κ1) is 17.1. The van der Waals surface area contributed by atoms with E-state index in [4.69, 9.17) is 11.6 Å². The molecule has 1 aromatic heterocycles. The van der Waals surface area contributed by atoms with Gasteiger partial charge in [0.05, 0.1) is 12.1 Å². The first-order chi connectivity index (χ1) is 10.6. The number of H-pyrrole nitrogens is 1. The number of allylic oxidation sites excluding steroid dienone is 1. The molecule has 2 rings (SSSR count). The van der Waals surface area contributed by atoms with Crippen LogP contribution in [0.4, 0.5) is 19.0 Å². The van der Waals surface area contributed by atoms with Crippen molar-refractivity contribution < 1.29 is 32.5 Å². The monoisotopic (exact) mass is 350 g/mol. The van der Waals surface area contributed by atoms with Crippen molar-refractivity contribution in [2.45, 2.75) is 18.6 Å². The summed E-state index contributed by atoms with van der Waals surface area (Å²) in [6.07, 6.45) is -3.87. The van der Waals surface area contributed by atoms with Gasteiger partial charge in [0.15, 0.2) is 0 Å². The van der Waals surface area contributed by atoms with E-state index in [-0.39, 0.29) is 16.5 Å². The van der Waals surface area contributed by atoms with Crippen LogP contribution in [-0.2, 0) is 14.3 Å². The molecule has 0 unspecified atom stereocenters. The van der Waals surface area contributed by atoms with Gasteiger partial charge in [-0.3, -0.25) is 4.79 Å². The number of hydrogen-bond donors (Lipinski definition) is 2. The number of carbonyl (C=O) groups is 2. The Morgan fingerprint density at radius 3 is 2.57 bits per heavy atom. The maximum atomic E-state index is 13.7. The zero-order valence-corrected chi connectivity index (χ0v) is 12.7. The molecule has 0 aliphatic carbocycles. The van der Waals surface area contributed by atoms with E-state index >= 15 is 0 Å². The quantitative estimate of drug-likeness (QED) is 0.808. The average Bonchev–Trinajstić information content (AvgIpc) is 2.72. The van der Waals surface area contributed by atoms with Crippen LogP contribution in [0, 0.1) is 0 Å². The number of anilines is 1. The maximum absolute atomic E-state index is 13.7. The van der Waals surface area contributed by atoms with Gasteiger partial charge < -0.3 is 10.1 Å². The Bertz CT molecular complexity index is 688. The molecule has 2 heterocycles. The van der Waals surface area contributed by atoms with Gasteiger partial charge in [-0.15, -0.1) is 0 Å². The molecule has 3 N–H and O–H groups in total. The minimum atomic E-state index is -5.11. The van der Waals surface area contributed by atoms with Crippen molar-refractivity contribution in [2.75, 3.05) is 12.4 Å². The van der Waals surface area contributed by atoms with Crippen molar-refractivity contribution >= 4 is 29.3 Å². The summed E-state index contributed by atoms with van der Waals surface area (Å²) in [4.78, 5) is 26.4. The van der Waals surface area contributed by atoms with Crippen LogP contribution in [0.1, 0.15) is 6.92 Å². The molecule has 1 amide bonds. The van der Waals surface area contributed by atoms with Crippen LogP contribution in [-0.4, -0.2) is 30.7 Å². The van der Waals surface area contributed by atoms with Crippen LogP contribution in [0.2, 0.25) is 5.02 Å². The number of nitrogens with one attached hydrogen (secondary N) is 3. The molecule has 1 aliphatic rings. The minimum Gasteiger partial charge on any atom is -0.465 e. The van der Waals surface area contributed by atoms with Gasteiger partial charge in [0.25, 0.3) is 11.7 Å². The maximum Gasteiger partial charge on any atom is 0.446 e. The summed E-state index contributed by atoms with van der Waals surface area (Å²) in [7, 11) is 0.932. The summed E-state index contributed by atoms with van der Waals surface area (Å²) in [6.45, 7) is 1.19. The molecule has 124 valence electrons. The predicted octanol–water partition coefficient (Wildman–Crippen LogP) is 1.44. The summed E-state index contributed by atoms with van der Waals surface area (Å²) >= 11 is 5.66. The van der Waals surface area contributed by atoms with E-state index in [1.807, 2.05) is 5.32 Å². The Morgan fingerprint density at radius 1 is 1.43 bits per heavy atom. The highest BCUT2D eigenvalue weighted by molar-refractivity contribution is 6.30. The molecular formula is C13H12ClF3N3O3+. The molecule has 6 nitrogen and oxygen atoms in total. The van der Waals surface area contributed by atoms with E-state index in [2.05, 4.69) is 15.0 Å².